The first-order valence-electron chi connectivity index (χ1n) is 22.1. The number of halogens is 1. The van der Waals surface area contributed by atoms with E-state index in [9.17, 15) is 24.6 Å². The largest absolute Gasteiger partial charge is 0.508 e. The number of Topliss-reactive ketones (excluding diaryl/α,β-unsaturated/α-hetero) is 1. The number of carbonyl (C=O) groups is 3. The number of aromatic hydroxyl groups is 1. The molecule has 0 spiro atoms. The molecule has 0 aliphatic carbocycles. The van der Waals surface area contributed by atoms with Crippen molar-refractivity contribution in [3.63, 3.8) is 0 Å². The van der Waals surface area contributed by atoms with Crippen LogP contribution in [-0.2, 0) is 41.4 Å². The number of hydrogen-bond donors (Lipinski definition) is 2. The molecule has 6 rings (SSSR count). The molecular weight excluding hydrogens is 975 g/mol. The van der Waals surface area contributed by atoms with Gasteiger partial charge in [-0.15, -0.1) is 0 Å². The van der Waals surface area contributed by atoms with Crippen LogP contribution in [0.2, 0.25) is 0 Å². The Balaban J connectivity index is 0.000000436. The van der Waals surface area contributed by atoms with Gasteiger partial charge in [-0.1, -0.05) is 168 Å². The molecule has 5 nitrogen and oxygen atoms in total. The van der Waals surface area contributed by atoms with Gasteiger partial charge < -0.3 is 10.2 Å². The molecular formula is C59H69BrO5Pd. The minimum Gasteiger partial charge on any atom is -0.508 e. The zero-order valence-corrected chi connectivity index (χ0v) is 43.6. The summed E-state index contributed by atoms with van der Waals surface area (Å²) in [5.74, 6) is 0.983. The van der Waals surface area contributed by atoms with Crippen LogP contribution in [0.3, 0.4) is 0 Å². The normalized spacial score (nSPS) is 11.0. The Morgan fingerprint density at radius 1 is 0.621 bits per heavy atom. The van der Waals surface area contributed by atoms with Crippen LogP contribution in [-0.4, -0.2) is 27.6 Å². The molecule has 2 N–H and O–H groups in total. The third kappa shape index (κ3) is 21.8. The average Bonchev–Trinajstić information content (AvgIpc) is 3.29. The van der Waals surface area contributed by atoms with Crippen LogP contribution in [0.5, 0.6) is 5.75 Å². The molecule has 0 fully saturated rings. The number of hydrogen-bond acceptors (Lipinski definition) is 5. The van der Waals surface area contributed by atoms with Crippen molar-refractivity contribution < 1.29 is 45.0 Å². The maximum absolute atomic E-state index is 11.6. The van der Waals surface area contributed by atoms with Gasteiger partial charge >= 0.3 is 0 Å². The van der Waals surface area contributed by atoms with Gasteiger partial charge in [0.15, 0.2) is 11.6 Å². The maximum atomic E-state index is 11.6. The molecule has 2 atom stereocenters. The fourth-order valence-corrected chi connectivity index (χ4v) is 7.31. The van der Waals surface area contributed by atoms with Gasteiger partial charge in [0.1, 0.15) is 11.5 Å². The van der Waals surface area contributed by atoms with Crippen molar-refractivity contribution in [2.75, 3.05) is 0 Å². The number of allylic oxidation sites excluding steroid dienone is 2. The first kappa shape index (κ1) is 58.7. The summed E-state index contributed by atoms with van der Waals surface area (Å²) in [6.07, 6.45) is 7.33. The smallest absolute Gasteiger partial charge is 0.152 e. The van der Waals surface area contributed by atoms with E-state index in [1.54, 1.807) is 32.1 Å². The van der Waals surface area contributed by atoms with E-state index < -0.39 is 0 Å². The van der Waals surface area contributed by atoms with E-state index in [1.165, 1.54) is 67.5 Å². The molecule has 0 aromatic heterocycles. The summed E-state index contributed by atoms with van der Waals surface area (Å²) in [5, 5.41) is 19.4. The third-order valence-corrected chi connectivity index (χ3v) is 11.3. The second-order valence-corrected chi connectivity index (χ2v) is 17.3. The van der Waals surface area contributed by atoms with Crippen LogP contribution in [0.25, 0.3) is 6.08 Å². The van der Waals surface area contributed by atoms with Gasteiger partial charge in [-0.3, -0.25) is 14.4 Å². The molecule has 66 heavy (non-hydrogen) atoms. The number of carbonyl (C=O) groups excluding carboxylic acids is 3. The SMILES string of the molecule is C=CC(C)=O.CC(=O)/C=C/c1cc(C)ccc1C.CC(=O)CC(c1ccccc1)c1cc(C)ccc1C.CCCC(c1ccccc1)c1cc(CO)ccc1O.Cc1ccc(C)c(Br)c1.[Pd]. The second-order valence-electron chi connectivity index (χ2n) is 16.4. The second kappa shape index (κ2) is 31.6. The number of aliphatic hydroxyl groups excluding tert-OH is 1. The van der Waals surface area contributed by atoms with E-state index in [-0.39, 0.29) is 56.2 Å². The summed E-state index contributed by atoms with van der Waals surface area (Å²) in [6, 6.07) is 44.9. The number of phenols is 1. The van der Waals surface area contributed by atoms with Crippen molar-refractivity contribution in [1.29, 1.82) is 0 Å². The van der Waals surface area contributed by atoms with E-state index in [4.69, 9.17) is 0 Å². The summed E-state index contributed by atoms with van der Waals surface area (Å²) >= 11 is 3.45. The van der Waals surface area contributed by atoms with Gasteiger partial charge in [-0.2, -0.15) is 0 Å². The van der Waals surface area contributed by atoms with Crippen molar-refractivity contribution in [2.24, 2.45) is 0 Å². The Morgan fingerprint density at radius 3 is 1.59 bits per heavy atom. The quantitative estimate of drug-likeness (QED) is 0.0941. The van der Waals surface area contributed by atoms with E-state index in [0.717, 1.165) is 29.5 Å². The Kier molecular flexibility index (Phi) is 28.1. The predicted molar refractivity (Wildman–Crippen MR) is 277 cm³/mol. The molecule has 0 radical (unpaired) electrons. The van der Waals surface area contributed by atoms with Crippen LogP contribution in [0, 0.1) is 41.5 Å². The summed E-state index contributed by atoms with van der Waals surface area (Å²) in [4.78, 5) is 32.0. The standard InChI is InChI=1S/C18H20O.C17H20O2.C12H14O.C8H9Br.C4H6O.Pd/c1-13-9-10-14(2)17(11-13)18(12-15(3)19)16-7-5-4-6-8-16;1-2-6-15(14-7-4-3-5-8-14)16-11-13(12-18)9-10-17(16)19;1-9-4-5-10(2)12(8-9)7-6-11(3)13;1-6-3-4-7(2)8(9)5-6;1-3-4(2)5;/h4-11,18H,12H2,1-3H3;3-5,7-11,15,18-19H,2,6,12H2,1H3;4-8H,1-3H3;3-5H,1-2H3;3H,1H2,2H3;/b;;7-6+;;;. The fourth-order valence-electron chi connectivity index (χ4n) is 6.82. The number of phenolic OH excluding ortho intramolecular Hbond substituents is 1. The summed E-state index contributed by atoms with van der Waals surface area (Å²) in [5.41, 5.74) is 14.0. The molecule has 0 saturated heterocycles. The molecule has 0 heterocycles. The van der Waals surface area contributed by atoms with Crippen LogP contribution < -0.4 is 0 Å². The van der Waals surface area contributed by atoms with Gasteiger partial charge in [0, 0.05) is 48.7 Å². The van der Waals surface area contributed by atoms with Crippen molar-refractivity contribution >= 4 is 39.4 Å². The van der Waals surface area contributed by atoms with Crippen molar-refractivity contribution in [3.8, 4) is 5.75 Å². The van der Waals surface area contributed by atoms with Gasteiger partial charge in [0.2, 0.25) is 0 Å². The topological polar surface area (TPSA) is 91.7 Å². The van der Waals surface area contributed by atoms with E-state index in [1.807, 2.05) is 62.4 Å². The third-order valence-electron chi connectivity index (χ3n) is 10.5. The maximum Gasteiger partial charge on any atom is 0.152 e. The van der Waals surface area contributed by atoms with Crippen molar-refractivity contribution in [1.82, 2.24) is 0 Å². The van der Waals surface area contributed by atoms with Gasteiger partial charge in [-0.25, -0.2) is 0 Å². The van der Waals surface area contributed by atoms with E-state index in [0.29, 0.717) is 12.2 Å². The van der Waals surface area contributed by atoms with Crippen molar-refractivity contribution in [2.45, 2.75) is 107 Å². The summed E-state index contributed by atoms with van der Waals surface area (Å²) in [7, 11) is 0. The van der Waals surface area contributed by atoms with E-state index >= 15 is 0 Å². The molecule has 0 aliphatic heterocycles. The van der Waals surface area contributed by atoms with Gasteiger partial charge in [-0.05, 0) is 149 Å². The molecule has 6 aromatic rings. The zero-order valence-electron chi connectivity index (χ0n) is 40.4. The number of benzene rings is 6. The summed E-state index contributed by atoms with van der Waals surface area (Å²) in [6.45, 7) is 22.5. The van der Waals surface area contributed by atoms with E-state index in [2.05, 4.69) is 136 Å². The number of aliphatic hydroxyl groups is 1. The van der Waals surface area contributed by atoms with Crippen LogP contribution >= 0.6 is 15.9 Å². The first-order chi connectivity index (χ1) is 30.9. The van der Waals surface area contributed by atoms with Gasteiger partial charge in [0.25, 0.3) is 0 Å². The average molecular weight is 1040 g/mol. The molecule has 6 aromatic carbocycles. The molecule has 352 valence electrons. The first-order valence-corrected chi connectivity index (χ1v) is 22.9. The van der Waals surface area contributed by atoms with Crippen LogP contribution in [0.1, 0.15) is 126 Å². The molecule has 0 amide bonds. The van der Waals surface area contributed by atoms with Crippen LogP contribution in [0.15, 0.2) is 157 Å². The predicted octanol–water partition coefficient (Wildman–Crippen LogP) is 15.0. The Bertz CT molecular complexity index is 2460. The monoisotopic (exact) mass is 1040 g/mol. The van der Waals surface area contributed by atoms with Crippen molar-refractivity contribution in [3.05, 3.63) is 223 Å². The van der Waals surface area contributed by atoms with Gasteiger partial charge in [0.05, 0.1) is 6.61 Å². The number of rotatable bonds is 12. The molecule has 0 bridgehead atoms. The zero-order chi connectivity index (χ0) is 48.5. The minimum atomic E-state index is 0. The molecule has 2 unspecified atom stereocenters. The molecule has 0 saturated carbocycles. The molecule has 0 aliphatic rings. The number of aryl methyl sites for hydroxylation is 6. The minimum absolute atomic E-state index is 0. The van der Waals surface area contributed by atoms with Crippen LogP contribution in [0.4, 0.5) is 0 Å². The molecule has 7 heteroatoms. The fraction of sp³-hybridized carbons (Fsp3) is 0.271. The Labute approximate surface area is 417 Å². The Morgan fingerprint density at radius 2 is 1.12 bits per heavy atom. The summed E-state index contributed by atoms with van der Waals surface area (Å²) < 4.78 is 1.20. The Hall–Kier alpha value is -5.29. The number of ketones is 3.